The van der Waals surface area contributed by atoms with Crippen molar-refractivity contribution in [2.45, 2.75) is 65.3 Å². The Kier molecular flexibility index (Phi) is 11.6. The van der Waals surface area contributed by atoms with Crippen molar-refractivity contribution >= 4 is 18.8 Å². The summed E-state index contributed by atoms with van der Waals surface area (Å²) in [5, 5.41) is 2.72. The minimum absolute atomic E-state index is 0.150. The van der Waals surface area contributed by atoms with E-state index >= 15 is 0 Å². The number of allylic oxidation sites excluding steroid dienone is 2. The van der Waals surface area contributed by atoms with Crippen molar-refractivity contribution in [3.8, 4) is 5.75 Å². The molecule has 2 atom stereocenters. The van der Waals surface area contributed by atoms with Gasteiger partial charge in [-0.2, -0.15) is 0 Å². The van der Waals surface area contributed by atoms with Crippen LogP contribution in [0, 0.1) is 0 Å². The lowest BCUT2D eigenvalue weighted by atomic mass is 9.99. The van der Waals surface area contributed by atoms with Gasteiger partial charge in [0.05, 0.1) is 43.4 Å². The first-order valence-electron chi connectivity index (χ1n) is 12.1. The van der Waals surface area contributed by atoms with Crippen molar-refractivity contribution < 1.29 is 33.3 Å². The molecule has 1 heterocycles. The molecule has 0 aliphatic carbocycles. The highest BCUT2D eigenvalue weighted by Crippen LogP contribution is 2.34. The Labute approximate surface area is 213 Å². The summed E-state index contributed by atoms with van der Waals surface area (Å²) in [6.45, 7) is 13.3. The van der Waals surface area contributed by atoms with Gasteiger partial charge in [-0.15, -0.1) is 0 Å². The number of para-hydroxylation sites is 1. The van der Waals surface area contributed by atoms with Crippen LogP contribution < -0.4 is 10.1 Å². The van der Waals surface area contributed by atoms with Crippen LogP contribution in [0.2, 0.25) is 0 Å². The first kappa shape index (κ1) is 29.1. The van der Waals surface area contributed by atoms with E-state index in [1.54, 1.807) is 39.8 Å². The Hall–Kier alpha value is -3.17. The molecule has 1 aliphatic heterocycles. The molecule has 0 spiro atoms. The maximum Gasteiger partial charge on any atom is 0.412 e. The Morgan fingerprint density at radius 1 is 1.22 bits per heavy atom. The summed E-state index contributed by atoms with van der Waals surface area (Å²) in [6, 6.07) is 7.50. The molecular weight excluding hydrogens is 464 g/mol. The predicted octanol–water partition coefficient (Wildman–Crippen LogP) is 4.88. The third-order valence-electron chi connectivity index (χ3n) is 5.08. The number of hydrogen-bond donors (Lipinski definition) is 1. The van der Waals surface area contributed by atoms with Crippen LogP contribution in [0.5, 0.6) is 5.75 Å². The fourth-order valence-corrected chi connectivity index (χ4v) is 3.52. The Bertz CT molecular complexity index is 942. The highest BCUT2D eigenvalue weighted by molar-refractivity contribution is 5.71. The molecule has 1 aliphatic rings. The van der Waals surface area contributed by atoms with Crippen LogP contribution in [-0.4, -0.2) is 56.9 Å². The van der Waals surface area contributed by atoms with E-state index in [9.17, 15) is 9.59 Å². The zero-order valence-electron chi connectivity index (χ0n) is 21.9. The molecule has 0 unspecified atom stereocenters. The first-order chi connectivity index (χ1) is 17.2. The molecule has 198 valence electrons. The summed E-state index contributed by atoms with van der Waals surface area (Å²) in [7, 11) is 0. The molecule has 1 N–H and O–H groups in total. The minimum Gasteiger partial charge on any atom is -0.482 e. The normalized spacial score (nSPS) is 18.8. The number of rotatable bonds is 11. The molecule has 0 saturated carbocycles. The van der Waals surface area contributed by atoms with Crippen molar-refractivity contribution in [3.05, 3.63) is 53.4 Å². The third-order valence-corrected chi connectivity index (χ3v) is 5.08. The second-order valence-corrected chi connectivity index (χ2v) is 9.11. The Balaban J connectivity index is 1.96. The molecule has 9 nitrogen and oxygen atoms in total. The SMILES string of the molecule is C=N/C(CO[C@H]1CC[C@@H](c2ccccc2OCC(=O)OCC)OC1)=C(\C=C/C)NC(=O)OC(C)(C)C. The topological polar surface area (TPSA) is 105 Å². The number of alkyl carbamates (subject to hydrolysis) is 1. The van der Waals surface area contributed by atoms with E-state index in [1.165, 1.54) is 0 Å². The van der Waals surface area contributed by atoms with Crippen molar-refractivity contribution in [2.75, 3.05) is 26.4 Å². The summed E-state index contributed by atoms with van der Waals surface area (Å²) < 4.78 is 28.0. The maximum atomic E-state index is 12.2. The molecule has 2 rings (SSSR count). The molecule has 1 fully saturated rings. The van der Waals surface area contributed by atoms with E-state index in [-0.39, 0.29) is 25.4 Å². The lowest BCUT2D eigenvalue weighted by Crippen LogP contribution is -2.33. The molecule has 0 aromatic heterocycles. The number of hydrogen-bond acceptors (Lipinski definition) is 8. The fourth-order valence-electron chi connectivity index (χ4n) is 3.52. The van der Waals surface area contributed by atoms with Gasteiger partial charge in [0, 0.05) is 5.56 Å². The van der Waals surface area contributed by atoms with Crippen LogP contribution in [0.1, 0.15) is 59.1 Å². The van der Waals surface area contributed by atoms with Crippen molar-refractivity contribution in [3.63, 3.8) is 0 Å². The van der Waals surface area contributed by atoms with Gasteiger partial charge in [-0.05, 0) is 66.3 Å². The molecule has 1 amide bonds. The highest BCUT2D eigenvalue weighted by atomic mass is 16.6. The van der Waals surface area contributed by atoms with Crippen molar-refractivity contribution in [2.24, 2.45) is 4.99 Å². The van der Waals surface area contributed by atoms with Crippen LogP contribution in [0.15, 0.2) is 52.8 Å². The average molecular weight is 503 g/mol. The van der Waals surface area contributed by atoms with Gasteiger partial charge in [-0.3, -0.25) is 10.3 Å². The number of nitrogens with zero attached hydrogens (tertiary/aromatic N) is 1. The van der Waals surface area contributed by atoms with Gasteiger partial charge in [-0.1, -0.05) is 24.3 Å². The molecule has 1 aromatic rings. The Morgan fingerprint density at radius 3 is 2.58 bits per heavy atom. The van der Waals surface area contributed by atoms with Gasteiger partial charge in [0.15, 0.2) is 6.61 Å². The molecule has 1 saturated heterocycles. The summed E-state index contributed by atoms with van der Waals surface area (Å²) in [4.78, 5) is 27.9. The third kappa shape index (κ3) is 9.83. The van der Waals surface area contributed by atoms with Crippen LogP contribution in [0.25, 0.3) is 0 Å². The van der Waals surface area contributed by atoms with Crippen LogP contribution in [0.3, 0.4) is 0 Å². The van der Waals surface area contributed by atoms with E-state index in [2.05, 4.69) is 17.0 Å². The molecule has 0 bridgehead atoms. The minimum atomic E-state index is -0.623. The standard InChI is InChI=1S/C27H38N2O7/c1-7-11-21(29-26(31)36-27(3,4)5)22(28-6)17-33-19-14-15-24(34-16-19)20-12-9-10-13-23(20)35-18-25(30)32-8-2/h7,9-13,19,24H,6,8,14-18H2,1-5H3,(H,29,31)/b11-7-,22-21+/t19-,24-/m0/s1. The number of amides is 1. The van der Waals surface area contributed by atoms with E-state index in [4.69, 9.17) is 23.7 Å². The van der Waals surface area contributed by atoms with Crippen LogP contribution >= 0.6 is 0 Å². The summed E-state index contributed by atoms with van der Waals surface area (Å²) >= 11 is 0. The lowest BCUT2D eigenvalue weighted by molar-refractivity contribution is -0.145. The first-order valence-corrected chi connectivity index (χ1v) is 12.1. The van der Waals surface area contributed by atoms with Crippen molar-refractivity contribution in [1.29, 1.82) is 0 Å². The van der Waals surface area contributed by atoms with E-state index in [1.807, 2.05) is 31.2 Å². The predicted molar refractivity (Wildman–Crippen MR) is 137 cm³/mol. The monoisotopic (exact) mass is 502 g/mol. The quantitative estimate of drug-likeness (QED) is 0.261. The molecular formula is C27H38N2O7. The zero-order valence-corrected chi connectivity index (χ0v) is 21.9. The number of benzene rings is 1. The van der Waals surface area contributed by atoms with Crippen molar-refractivity contribution in [1.82, 2.24) is 5.32 Å². The van der Waals surface area contributed by atoms with E-state index in [0.29, 0.717) is 36.8 Å². The second kappa shape index (κ2) is 14.4. The zero-order chi connectivity index (χ0) is 26.6. The summed E-state index contributed by atoms with van der Waals surface area (Å²) in [5.41, 5.74) is 1.20. The van der Waals surface area contributed by atoms with E-state index < -0.39 is 17.7 Å². The number of aliphatic imine (C=N–C) groups is 1. The summed E-state index contributed by atoms with van der Waals surface area (Å²) in [5.74, 6) is 0.184. The highest BCUT2D eigenvalue weighted by Gasteiger charge is 2.26. The summed E-state index contributed by atoms with van der Waals surface area (Å²) in [6.07, 6.45) is 4.06. The van der Waals surface area contributed by atoms with Gasteiger partial charge >= 0.3 is 12.1 Å². The van der Waals surface area contributed by atoms with Gasteiger partial charge in [0.1, 0.15) is 11.4 Å². The average Bonchev–Trinajstić information content (AvgIpc) is 2.83. The lowest BCUT2D eigenvalue weighted by Gasteiger charge is -2.30. The fraction of sp³-hybridized carbons (Fsp3) is 0.519. The molecule has 9 heteroatoms. The largest absolute Gasteiger partial charge is 0.482 e. The van der Waals surface area contributed by atoms with E-state index in [0.717, 1.165) is 12.0 Å². The van der Waals surface area contributed by atoms with Crippen LogP contribution in [-0.2, 0) is 23.7 Å². The van der Waals surface area contributed by atoms with Crippen LogP contribution in [0.4, 0.5) is 4.79 Å². The van der Waals surface area contributed by atoms with Gasteiger partial charge in [0.2, 0.25) is 0 Å². The second-order valence-electron chi connectivity index (χ2n) is 9.11. The van der Waals surface area contributed by atoms with Gasteiger partial charge in [0.25, 0.3) is 0 Å². The molecule has 0 radical (unpaired) electrons. The number of ether oxygens (including phenoxy) is 5. The maximum absolute atomic E-state index is 12.2. The Morgan fingerprint density at radius 2 is 1.97 bits per heavy atom. The number of carbonyl (C=O) groups is 2. The molecule has 36 heavy (non-hydrogen) atoms. The smallest absolute Gasteiger partial charge is 0.412 e. The van der Waals surface area contributed by atoms with Gasteiger partial charge < -0.3 is 23.7 Å². The van der Waals surface area contributed by atoms with Gasteiger partial charge in [-0.25, -0.2) is 9.59 Å². The number of nitrogens with one attached hydrogen (secondary N) is 1. The molecule has 1 aromatic carbocycles. The number of esters is 1. The number of carbonyl (C=O) groups excluding carboxylic acids is 2.